The van der Waals surface area contributed by atoms with Gasteiger partial charge >= 0.3 is 5.97 Å². The molecule has 22 heavy (non-hydrogen) atoms. The number of rotatable bonds is 4. The largest absolute Gasteiger partial charge is 0.452 e. The Hall–Kier alpha value is -3.03. The maximum atomic E-state index is 13.3. The first-order valence-electron chi connectivity index (χ1n) is 6.07. The second kappa shape index (κ2) is 6.61. The molecule has 1 amide bonds. The average Bonchev–Trinajstić information content (AvgIpc) is 2.49. The van der Waals surface area contributed by atoms with Crippen molar-refractivity contribution in [2.24, 2.45) is 0 Å². The number of aromatic amines is 1. The highest BCUT2D eigenvalue weighted by Crippen LogP contribution is 2.14. The van der Waals surface area contributed by atoms with Crippen molar-refractivity contribution < 1.29 is 23.1 Å². The van der Waals surface area contributed by atoms with E-state index in [-0.39, 0.29) is 11.3 Å². The summed E-state index contributed by atoms with van der Waals surface area (Å²) in [5.74, 6) is -3.44. The van der Waals surface area contributed by atoms with Gasteiger partial charge in [-0.2, -0.15) is 0 Å². The quantitative estimate of drug-likeness (QED) is 0.837. The first kappa shape index (κ1) is 15.4. The summed E-state index contributed by atoms with van der Waals surface area (Å²) in [5, 5.41) is 2.06. The van der Waals surface area contributed by atoms with Crippen molar-refractivity contribution in [1.29, 1.82) is 0 Å². The smallest absolute Gasteiger partial charge is 0.344 e. The number of anilines is 1. The van der Waals surface area contributed by atoms with E-state index in [1.807, 2.05) is 0 Å². The maximum absolute atomic E-state index is 13.3. The molecular weight excluding hydrogens is 298 g/mol. The van der Waals surface area contributed by atoms with Crippen LogP contribution in [0.1, 0.15) is 10.4 Å². The van der Waals surface area contributed by atoms with Gasteiger partial charge < -0.3 is 15.0 Å². The number of H-pyrrole nitrogens is 1. The van der Waals surface area contributed by atoms with Gasteiger partial charge in [-0.15, -0.1) is 0 Å². The highest BCUT2D eigenvalue weighted by Gasteiger charge is 2.14. The number of nitrogens with one attached hydrogen (secondary N) is 2. The van der Waals surface area contributed by atoms with Gasteiger partial charge in [-0.25, -0.2) is 13.6 Å². The molecule has 8 heteroatoms. The Balaban J connectivity index is 1.96. The predicted octanol–water partition coefficient (Wildman–Crippen LogP) is 1.45. The zero-order valence-corrected chi connectivity index (χ0v) is 11.1. The second-order valence-electron chi connectivity index (χ2n) is 4.16. The lowest BCUT2D eigenvalue weighted by molar-refractivity contribution is -0.119. The molecule has 0 fully saturated rings. The molecule has 0 bridgehead atoms. The zero-order chi connectivity index (χ0) is 16.1. The molecular formula is C14H10F2N2O4. The van der Waals surface area contributed by atoms with E-state index in [4.69, 9.17) is 0 Å². The van der Waals surface area contributed by atoms with E-state index in [1.165, 1.54) is 18.3 Å². The minimum atomic E-state index is -1.00. The number of carbonyl (C=O) groups is 2. The number of pyridine rings is 1. The second-order valence-corrected chi connectivity index (χ2v) is 4.16. The molecule has 0 atom stereocenters. The van der Waals surface area contributed by atoms with Crippen molar-refractivity contribution in [2.45, 2.75) is 0 Å². The van der Waals surface area contributed by atoms with E-state index in [0.717, 1.165) is 18.2 Å². The van der Waals surface area contributed by atoms with E-state index in [9.17, 15) is 23.2 Å². The molecule has 1 aromatic carbocycles. The number of benzene rings is 1. The monoisotopic (exact) mass is 308 g/mol. The minimum absolute atomic E-state index is 0.271. The molecule has 0 aliphatic carbocycles. The van der Waals surface area contributed by atoms with Crippen LogP contribution >= 0.6 is 0 Å². The summed E-state index contributed by atoms with van der Waals surface area (Å²) in [6.07, 6.45) is 1.33. The lowest BCUT2D eigenvalue weighted by Gasteiger charge is -2.07. The van der Waals surface area contributed by atoms with Gasteiger partial charge in [0.2, 0.25) is 0 Å². The fraction of sp³-hybridized carbons (Fsp3) is 0.0714. The fourth-order valence-corrected chi connectivity index (χ4v) is 1.57. The zero-order valence-electron chi connectivity index (χ0n) is 11.1. The molecule has 2 rings (SSSR count). The van der Waals surface area contributed by atoms with Gasteiger partial charge in [-0.3, -0.25) is 9.59 Å². The van der Waals surface area contributed by atoms with Crippen LogP contribution in [-0.2, 0) is 9.53 Å². The first-order chi connectivity index (χ1) is 10.5. The summed E-state index contributed by atoms with van der Waals surface area (Å²) in [4.78, 5) is 36.7. The number of carbonyl (C=O) groups excluding carboxylic acids is 2. The van der Waals surface area contributed by atoms with Gasteiger partial charge in [-0.05, 0) is 24.3 Å². The Morgan fingerprint density at radius 3 is 2.73 bits per heavy atom. The van der Waals surface area contributed by atoms with Crippen LogP contribution in [0.4, 0.5) is 14.5 Å². The van der Waals surface area contributed by atoms with E-state index in [0.29, 0.717) is 0 Å². The summed E-state index contributed by atoms with van der Waals surface area (Å²) >= 11 is 0. The van der Waals surface area contributed by atoms with Crippen LogP contribution in [0.25, 0.3) is 0 Å². The third kappa shape index (κ3) is 3.75. The average molecular weight is 308 g/mol. The SMILES string of the molecule is O=C(COC(=O)c1ccc[nH]c1=O)Nc1cc(F)ccc1F. The normalized spacial score (nSPS) is 10.1. The van der Waals surface area contributed by atoms with Crippen molar-refractivity contribution in [1.82, 2.24) is 4.98 Å². The van der Waals surface area contributed by atoms with Crippen LogP contribution in [0.2, 0.25) is 0 Å². The Labute approximate surface area is 122 Å². The standard InChI is InChI=1S/C14H10F2N2O4/c15-8-3-4-10(16)11(6-8)18-12(19)7-22-14(21)9-2-1-5-17-13(9)20/h1-6H,7H2,(H,17,20)(H,18,19). The molecule has 6 nitrogen and oxygen atoms in total. The molecule has 0 spiro atoms. The number of ether oxygens (including phenoxy) is 1. The lowest BCUT2D eigenvalue weighted by atomic mass is 10.3. The molecule has 114 valence electrons. The minimum Gasteiger partial charge on any atom is -0.452 e. The summed E-state index contributed by atoms with van der Waals surface area (Å²) < 4.78 is 30.9. The number of hydrogen-bond donors (Lipinski definition) is 2. The molecule has 1 aromatic heterocycles. The van der Waals surface area contributed by atoms with Crippen LogP contribution in [0.3, 0.4) is 0 Å². The Morgan fingerprint density at radius 2 is 2.00 bits per heavy atom. The lowest BCUT2D eigenvalue weighted by Crippen LogP contribution is -2.24. The molecule has 0 aliphatic rings. The Morgan fingerprint density at radius 1 is 1.23 bits per heavy atom. The van der Waals surface area contributed by atoms with Crippen molar-refractivity contribution in [3.05, 3.63) is 64.1 Å². The molecule has 0 radical (unpaired) electrons. The third-order valence-electron chi connectivity index (χ3n) is 2.57. The van der Waals surface area contributed by atoms with Gasteiger partial charge in [-0.1, -0.05) is 0 Å². The van der Waals surface area contributed by atoms with Crippen molar-refractivity contribution in [3.8, 4) is 0 Å². The number of amides is 1. The van der Waals surface area contributed by atoms with Crippen LogP contribution in [0.15, 0.2) is 41.3 Å². The molecule has 0 saturated carbocycles. The third-order valence-corrected chi connectivity index (χ3v) is 2.57. The number of esters is 1. The van der Waals surface area contributed by atoms with Gasteiger partial charge in [0, 0.05) is 12.3 Å². The molecule has 0 aliphatic heterocycles. The summed E-state index contributed by atoms with van der Waals surface area (Å²) in [5.41, 5.74) is -1.31. The molecule has 2 aromatic rings. The topological polar surface area (TPSA) is 88.3 Å². The first-order valence-corrected chi connectivity index (χ1v) is 6.07. The van der Waals surface area contributed by atoms with Crippen molar-refractivity contribution in [3.63, 3.8) is 0 Å². The Bertz CT molecular complexity index is 773. The highest BCUT2D eigenvalue weighted by molar-refractivity contribution is 5.95. The van der Waals surface area contributed by atoms with Crippen LogP contribution in [-0.4, -0.2) is 23.5 Å². The maximum Gasteiger partial charge on any atom is 0.344 e. The Kier molecular flexibility index (Phi) is 4.62. The van der Waals surface area contributed by atoms with Gasteiger partial charge in [0.25, 0.3) is 11.5 Å². The molecule has 2 N–H and O–H groups in total. The summed E-state index contributed by atoms with van der Waals surface area (Å²) in [6.45, 7) is -0.747. The molecule has 1 heterocycles. The highest BCUT2D eigenvalue weighted by atomic mass is 19.1. The van der Waals surface area contributed by atoms with E-state index in [1.54, 1.807) is 0 Å². The van der Waals surface area contributed by atoms with Crippen LogP contribution in [0.5, 0.6) is 0 Å². The van der Waals surface area contributed by atoms with E-state index < -0.39 is 35.7 Å². The van der Waals surface area contributed by atoms with Crippen molar-refractivity contribution in [2.75, 3.05) is 11.9 Å². The summed E-state index contributed by atoms with van der Waals surface area (Å²) in [7, 11) is 0. The van der Waals surface area contributed by atoms with E-state index in [2.05, 4.69) is 15.0 Å². The van der Waals surface area contributed by atoms with Crippen LogP contribution < -0.4 is 10.9 Å². The van der Waals surface area contributed by atoms with Crippen molar-refractivity contribution >= 4 is 17.6 Å². The predicted molar refractivity (Wildman–Crippen MR) is 72.3 cm³/mol. The number of halogens is 2. The van der Waals surface area contributed by atoms with E-state index >= 15 is 0 Å². The fourth-order valence-electron chi connectivity index (χ4n) is 1.57. The van der Waals surface area contributed by atoms with Gasteiger partial charge in [0.15, 0.2) is 6.61 Å². The number of hydrogen-bond acceptors (Lipinski definition) is 4. The summed E-state index contributed by atoms with van der Waals surface area (Å²) in [6, 6.07) is 5.18. The number of aromatic nitrogens is 1. The van der Waals surface area contributed by atoms with Gasteiger partial charge in [0.1, 0.15) is 17.2 Å². The van der Waals surface area contributed by atoms with Gasteiger partial charge in [0.05, 0.1) is 5.69 Å². The van der Waals surface area contributed by atoms with Crippen LogP contribution in [0, 0.1) is 11.6 Å². The molecule has 0 saturated heterocycles. The molecule has 0 unspecified atom stereocenters.